The summed E-state index contributed by atoms with van der Waals surface area (Å²) in [6.07, 6.45) is 0.332. The lowest BCUT2D eigenvalue weighted by Crippen LogP contribution is -2.51. The van der Waals surface area contributed by atoms with Crippen molar-refractivity contribution in [3.05, 3.63) is 64.7 Å². The van der Waals surface area contributed by atoms with Crippen molar-refractivity contribution in [2.75, 3.05) is 26.3 Å². The van der Waals surface area contributed by atoms with Crippen LogP contribution in [0.1, 0.15) is 35.2 Å². The fraction of sp³-hybridized carbons (Fsp3) is 0.375. The van der Waals surface area contributed by atoms with Gasteiger partial charge in [-0.2, -0.15) is 0 Å². The minimum Gasteiger partial charge on any atom is -0.425 e. The fourth-order valence-corrected chi connectivity index (χ4v) is 5.68. The third-order valence-electron chi connectivity index (χ3n) is 7.01. The van der Waals surface area contributed by atoms with Crippen LogP contribution in [0.2, 0.25) is 5.02 Å². The monoisotopic (exact) mass is 439 g/mol. The van der Waals surface area contributed by atoms with E-state index < -0.39 is 22.7 Å². The van der Waals surface area contributed by atoms with Gasteiger partial charge in [0.05, 0.1) is 18.6 Å². The number of rotatable bonds is 4. The molecule has 3 aliphatic rings. The second kappa shape index (κ2) is 7.18. The number of para-hydroxylation sites is 1. The molecule has 160 valence electrons. The van der Waals surface area contributed by atoms with Crippen LogP contribution in [0.3, 0.4) is 0 Å². The van der Waals surface area contributed by atoms with Crippen molar-refractivity contribution in [1.29, 1.82) is 0 Å². The summed E-state index contributed by atoms with van der Waals surface area (Å²) in [6.45, 7) is 3.44. The molecule has 6 nitrogen and oxygen atoms in total. The topological polar surface area (TPSA) is 72.9 Å². The Morgan fingerprint density at radius 2 is 1.77 bits per heavy atom. The normalized spacial score (nSPS) is 28.9. The van der Waals surface area contributed by atoms with Gasteiger partial charge in [-0.1, -0.05) is 36.7 Å². The van der Waals surface area contributed by atoms with Crippen LogP contribution in [-0.2, 0) is 14.3 Å². The van der Waals surface area contributed by atoms with E-state index >= 15 is 0 Å². The van der Waals surface area contributed by atoms with E-state index in [0.29, 0.717) is 49.1 Å². The summed E-state index contributed by atoms with van der Waals surface area (Å²) in [5, 5.41) is 0.513. The maximum atomic E-state index is 13.9. The number of amides is 1. The molecule has 3 atom stereocenters. The molecule has 1 amide bonds. The smallest absolute Gasteiger partial charge is 0.328 e. The first-order valence-electron chi connectivity index (χ1n) is 10.5. The molecule has 2 aliphatic heterocycles. The molecule has 2 heterocycles. The average molecular weight is 440 g/mol. The van der Waals surface area contributed by atoms with E-state index in [-0.39, 0.29) is 11.7 Å². The fourth-order valence-electron chi connectivity index (χ4n) is 5.56. The number of benzene rings is 2. The largest absolute Gasteiger partial charge is 0.425 e. The lowest BCUT2D eigenvalue weighted by atomic mass is 9.82. The molecular formula is C24H22ClNO5. The molecule has 2 aromatic carbocycles. The van der Waals surface area contributed by atoms with Crippen molar-refractivity contribution < 1.29 is 23.9 Å². The van der Waals surface area contributed by atoms with Gasteiger partial charge < -0.3 is 14.4 Å². The van der Waals surface area contributed by atoms with Crippen molar-refractivity contribution in [3.8, 4) is 5.75 Å². The van der Waals surface area contributed by atoms with E-state index in [1.165, 1.54) is 0 Å². The summed E-state index contributed by atoms with van der Waals surface area (Å²) in [5.41, 5.74) is -1.61. The zero-order valence-electron chi connectivity index (χ0n) is 17.1. The lowest BCUT2D eigenvalue weighted by Gasteiger charge is -2.32. The summed E-state index contributed by atoms with van der Waals surface area (Å²) in [5.74, 6) is -1.36. The number of carbonyl (C=O) groups is 3. The average Bonchev–Trinajstić information content (AvgIpc) is 3.46. The van der Waals surface area contributed by atoms with Gasteiger partial charge in [0, 0.05) is 35.2 Å². The molecule has 2 aromatic rings. The Kier molecular flexibility index (Phi) is 4.68. The third kappa shape index (κ3) is 2.58. The SMILES string of the molecule is CCC1(C(=O)c2ccc(Cl)cc2)C2c3ccccc3OC(=O)C21C(=O)N1CCOCC1. The number of hydrogen-bond acceptors (Lipinski definition) is 5. The Hall–Kier alpha value is -2.70. The van der Waals surface area contributed by atoms with E-state index in [1.807, 2.05) is 19.1 Å². The van der Waals surface area contributed by atoms with Gasteiger partial charge in [0.25, 0.3) is 0 Å². The lowest BCUT2D eigenvalue weighted by molar-refractivity contribution is -0.156. The second-order valence-electron chi connectivity index (χ2n) is 8.23. The number of esters is 1. The van der Waals surface area contributed by atoms with Crippen LogP contribution < -0.4 is 4.74 Å². The Balaban J connectivity index is 1.68. The van der Waals surface area contributed by atoms with E-state index in [2.05, 4.69) is 0 Å². The predicted octanol–water partition coefficient (Wildman–Crippen LogP) is 3.48. The highest BCUT2D eigenvalue weighted by Crippen LogP contribution is 2.80. The first-order valence-corrected chi connectivity index (χ1v) is 10.8. The Bertz CT molecular complexity index is 1080. The van der Waals surface area contributed by atoms with Gasteiger partial charge in [0.2, 0.25) is 5.91 Å². The van der Waals surface area contributed by atoms with Gasteiger partial charge in [-0.25, -0.2) is 0 Å². The number of ketones is 1. The number of hydrogen-bond donors (Lipinski definition) is 0. The molecule has 31 heavy (non-hydrogen) atoms. The number of Topliss-reactive ketones (excluding diaryl/α,β-unsaturated/α-hetero) is 1. The quantitative estimate of drug-likeness (QED) is 0.315. The van der Waals surface area contributed by atoms with E-state index in [0.717, 1.165) is 5.56 Å². The van der Waals surface area contributed by atoms with Gasteiger partial charge >= 0.3 is 5.97 Å². The first kappa shape index (κ1) is 20.2. The molecule has 0 bridgehead atoms. The van der Waals surface area contributed by atoms with Crippen LogP contribution >= 0.6 is 11.6 Å². The Morgan fingerprint density at radius 1 is 1.10 bits per heavy atom. The summed E-state index contributed by atoms with van der Waals surface area (Å²) < 4.78 is 11.1. The van der Waals surface area contributed by atoms with Crippen LogP contribution in [-0.4, -0.2) is 48.9 Å². The Morgan fingerprint density at radius 3 is 2.45 bits per heavy atom. The summed E-state index contributed by atoms with van der Waals surface area (Å²) >= 11 is 6.01. The van der Waals surface area contributed by atoms with Crippen molar-refractivity contribution >= 4 is 29.3 Å². The predicted molar refractivity (Wildman–Crippen MR) is 113 cm³/mol. The highest BCUT2D eigenvalue weighted by atomic mass is 35.5. The molecule has 1 saturated heterocycles. The molecule has 2 fully saturated rings. The zero-order valence-corrected chi connectivity index (χ0v) is 17.9. The number of carbonyl (C=O) groups excluding carboxylic acids is 3. The molecule has 0 N–H and O–H groups in total. The maximum absolute atomic E-state index is 13.9. The van der Waals surface area contributed by atoms with E-state index in [9.17, 15) is 14.4 Å². The molecule has 0 aromatic heterocycles. The van der Waals surface area contributed by atoms with Crippen molar-refractivity contribution in [3.63, 3.8) is 0 Å². The van der Waals surface area contributed by atoms with Crippen LogP contribution in [0.25, 0.3) is 0 Å². The number of morpholine rings is 1. The van der Waals surface area contributed by atoms with Gasteiger partial charge in [-0.15, -0.1) is 0 Å². The minimum atomic E-state index is -1.57. The van der Waals surface area contributed by atoms with Gasteiger partial charge in [0.15, 0.2) is 11.2 Å². The third-order valence-corrected chi connectivity index (χ3v) is 7.26. The van der Waals surface area contributed by atoms with Gasteiger partial charge in [-0.05, 0) is 36.8 Å². The molecule has 0 radical (unpaired) electrons. The Labute approximate surface area is 185 Å². The molecule has 7 heteroatoms. The highest BCUT2D eigenvalue weighted by molar-refractivity contribution is 6.30. The standard InChI is InChI=1S/C24H22ClNO5/c1-2-23(20(27)15-7-9-16(25)10-8-15)19-17-5-3-4-6-18(17)31-22(29)24(19,23)21(28)26-11-13-30-14-12-26/h3-10,19H,2,11-14H2,1H3. The minimum absolute atomic E-state index is 0.230. The van der Waals surface area contributed by atoms with E-state index in [1.54, 1.807) is 41.3 Å². The summed E-state index contributed by atoms with van der Waals surface area (Å²) in [7, 11) is 0. The molecule has 5 rings (SSSR count). The van der Waals surface area contributed by atoms with Crippen molar-refractivity contribution in [2.24, 2.45) is 10.8 Å². The molecule has 3 unspecified atom stereocenters. The highest BCUT2D eigenvalue weighted by Gasteiger charge is 2.89. The van der Waals surface area contributed by atoms with Crippen molar-refractivity contribution in [2.45, 2.75) is 19.3 Å². The number of ether oxygens (including phenoxy) is 2. The van der Waals surface area contributed by atoms with Crippen molar-refractivity contribution in [1.82, 2.24) is 4.90 Å². The molecule has 1 saturated carbocycles. The van der Waals surface area contributed by atoms with Crippen LogP contribution in [0.4, 0.5) is 0 Å². The second-order valence-corrected chi connectivity index (χ2v) is 8.67. The summed E-state index contributed by atoms with van der Waals surface area (Å²) in [6, 6.07) is 13.8. The number of fused-ring (bicyclic) bond motifs is 3. The molecule has 0 spiro atoms. The maximum Gasteiger partial charge on any atom is 0.328 e. The zero-order chi connectivity index (χ0) is 21.8. The number of halogens is 1. The van der Waals surface area contributed by atoms with Crippen LogP contribution in [0, 0.1) is 10.8 Å². The molecular weight excluding hydrogens is 418 g/mol. The summed E-state index contributed by atoms with van der Waals surface area (Å²) in [4.78, 5) is 43.0. The van der Waals surface area contributed by atoms with E-state index in [4.69, 9.17) is 21.1 Å². The first-order chi connectivity index (χ1) is 15.0. The molecule has 1 aliphatic carbocycles. The van der Waals surface area contributed by atoms with Gasteiger partial charge in [0.1, 0.15) is 5.75 Å². The van der Waals surface area contributed by atoms with Crippen LogP contribution in [0.15, 0.2) is 48.5 Å². The number of nitrogens with zero attached hydrogens (tertiary/aromatic N) is 1. The van der Waals surface area contributed by atoms with Gasteiger partial charge in [-0.3, -0.25) is 14.4 Å². The van der Waals surface area contributed by atoms with Crippen LogP contribution in [0.5, 0.6) is 5.75 Å².